The van der Waals surface area contributed by atoms with Crippen molar-refractivity contribution in [3.63, 3.8) is 0 Å². The summed E-state index contributed by atoms with van der Waals surface area (Å²) in [6.07, 6.45) is 0. The number of halogens is 5. The van der Waals surface area contributed by atoms with Crippen LogP contribution >= 0.6 is 50.8 Å². The van der Waals surface area contributed by atoms with Gasteiger partial charge in [-0.2, -0.15) is 0 Å². The molecule has 0 atom stereocenters. The maximum atomic E-state index is 3.30. The van der Waals surface area contributed by atoms with E-state index in [1.165, 1.54) is 0 Å². The van der Waals surface area contributed by atoms with E-state index < -0.39 is 9.53 Å². The Labute approximate surface area is 59.0 Å². The van der Waals surface area contributed by atoms with Crippen molar-refractivity contribution in [2.24, 2.45) is 0 Å². The SMILES string of the molecule is Br[I-](Br)(Br)Br. The van der Waals surface area contributed by atoms with Crippen molar-refractivity contribution < 1.29 is 9.53 Å². The Morgan fingerprint density at radius 1 is 0.800 bits per heavy atom. The molecule has 0 amide bonds. The summed E-state index contributed by atoms with van der Waals surface area (Å²) in [5, 5.41) is 0. The van der Waals surface area contributed by atoms with Crippen molar-refractivity contribution in [1.82, 2.24) is 0 Å². The Kier molecular flexibility index (Phi) is 4.34. The Balaban J connectivity index is 3.02. The summed E-state index contributed by atoms with van der Waals surface area (Å²) in [6.45, 7) is 0. The quantitative estimate of drug-likeness (QED) is 0.473. The van der Waals surface area contributed by atoms with Gasteiger partial charge in [-0.1, -0.05) is 0 Å². The van der Waals surface area contributed by atoms with Crippen molar-refractivity contribution in [3.05, 3.63) is 0 Å². The first-order valence-corrected chi connectivity index (χ1v) is 19.9. The second kappa shape index (κ2) is 2.84. The van der Waals surface area contributed by atoms with Gasteiger partial charge in [0.1, 0.15) is 0 Å². The van der Waals surface area contributed by atoms with E-state index in [4.69, 9.17) is 0 Å². The van der Waals surface area contributed by atoms with E-state index in [-0.39, 0.29) is 0 Å². The van der Waals surface area contributed by atoms with E-state index in [0.717, 1.165) is 0 Å². The molecule has 0 rings (SSSR count). The fourth-order valence-corrected chi connectivity index (χ4v) is 0. The molecular formula is Br4I-. The summed E-state index contributed by atoms with van der Waals surface area (Å²) < 4.78 is 0. The standard InChI is InChI=1S/Br4I/c1-5(2,3)4/q-1. The summed E-state index contributed by atoms with van der Waals surface area (Å²) >= 11 is 13.2. The zero-order valence-electron chi connectivity index (χ0n) is 1.89. The van der Waals surface area contributed by atoms with Gasteiger partial charge in [-0.3, -0.25) is 0 Å². The van der Waals surface area contributed by atoms with Gasteiger partial charge in [0.2, 0.25) is 0 Å². The molecule has 0 aliphatic carbocycles. The predicted molar refractivity (Wildman–Crippen MR) is 35.7 cm³/mol. The summed E-state index contributed by atoms with van der Waals surface area (Å²) in [7, 11) is -1.69. The van der Waals surface area contributed by atoms with Gasteiger partial charge >= 0.3 is 60.3 Å². The second-order valence-corrected chi connectivity index (χ2v) is 58.7. The van der Waals surface area contributed by atoms with Crippen LogP contribution in [-0.2, 0) is 0 Å². The molecule has 0 N–H and O–H groups in total. The Morgan fingerprint density at radius 3 is 0.800 bits per heavy atom. The molecule has 0 aliphatic rings. The van der Waals surface area contributed by atoms with Crippen LogP contribution in [0.4, 0.5) is 0 Å². The van der Waals surface area contributed by atoms with Crippen LogP contribution in [0.25, 0.3) is 0 Å². The van der Waals surface area contributed by atoms with Gasteiger partial charge in [-0.05, 0) is 0 Å². The van der Waals surface area contributed by atoms with Crippen molar-refractivity contribution >= 4 is 50.8 Å². The monoisotopic (exact) mass is 443 g/mol. The van der Waals surface area contributed by atoms with Crippen LogP contribution < -0.4 is 9.53 Å². The van der Waals surface area contributed by atoms with Gasteiger partial charge in [-0.25, -0.2) is 0 Å². The summed E-state index contributed by atoms with van der Waals surface area (Å²) in [5.74, 6) is 0. The minimum atomic E-state index is -1.69. The molecule has 0 saturated heterocycles. The molecule has 0 aromatic heterocycles. The molecule has 0 radical (unpaired) electrons. The van der Waals surface area contributed by atoms with Crippen LogP contribution in [-0.4, -0.2) is 0 Å². The second-order valence-electron chi connectivity index (χ2n) is 0.324. The van der Waals surface area contributed by atoms with Gasteiger partial charge in [-0.15, -0.1) is 0 Å². The van der Waals surface area contributed by atoms with Crippen LogP contribution in [0.2, 0.25) is 0 Å². The Hall–Kier alpha value is 2.65. The van der Waals surface area contributed by atoms with Crippen LogP contribution in [0.5, 0.6) is 0 Å². The molecule has 0 bridgehead atoms. The molecule has 0 unspecified atom stereocenters. The predicted octanol–water partition coefficient (Wildman–Crippen LogP) is 0.386. The van der Waals surface area contributed by atoms with Crippen molar-refractivity contribution in [2.45, 2.75) is 0 Å². The molecule has 0 spiro atoms. The van der Waals surface area contributed by atoms with Crippen molar-refractivity contribution in [1.29, 1.82) is 0 Å². The maximum absolute atomic E-state index is 3.30. The zero-order valence-corrected chi connectivity index (χ0v) is 10.4. The first-order valence-electron chi connectivity index (χ1n) is 0.571. The van der Waals surface area contributed by atoms with Crippen molar-refractivity contribution in [3.8, 4) is 0 Å². The molecule has 5 heavy (non-hydrogen) atoms. The molecule has 0 fully saturated rings. The van der Waals surface area contributed by atoms with Gasteiger partial charge in [0.25, 0.3) is 0 Å². The van der Waals surface area contributed by atoms with E-state index in [9.17, 15) is 0 Å². The number of rotatable bonds is 0. The van der Waals surface area contributed by atoms with E-state index in [1.807, 2.05) is 0 Å². The Bertz CT molecular complexity index is 19.1. The third-order valence-electron chi connectivity index (χ3n) is 0. The fraction of sp³-hybridized carbons (Fsp3) is 0. The first kappa shape index (κ1) is 7.65. The molecule has 0 aromatic carbocycles. The minimum absolute atomic E-state index is 1.69. The molecule has 0 saturated carbocycles. The Morgan fingerprint density at radius 2 is 0.800 bits per heavy atom. The molecule has 36 valence electrons. The summed E-state index contributed by atoms with van der Waals surface area (Å²) in [6, 6.07) is 0. The fourth-order valence-electron chi connectivity index (χ4n) is 0. The van der Waals surface area contributed by atoms with E-state index in [2.05, 4.69) is 50.8 Å². The van der Waals surface area contributed by atoms with E-state index >= 15 is 0 Å². The van der Waals surface area contributed by atoms with Crippen LogP contribution in [0.3, 0.4) is 0 Å². The molecule has 0 aliphatic heterocycles. The molecule has 0 aromatic rings. The molecule has 5 heteroatoms. The van der Waals surface area contributed by atoms with Gasteiger partial charge in [0.05, 0.1) is 0 Å². The van der Waals surface area contributed by atoms with Crippen LogP contribution in [0.15, 0.2) is 0 Å². The summed E-state index contributed by atoms with van der Waals surface area (Å²) in [4.78, 5) is 0. The third kappa shape index (κ3) is 20.5. The van der Waals surface area contributed by atoms with E-state index in [1.54, 1.807) is 0 Å². The number of hydrogen-bond acceptors (Lipinski definition) is 0. The first-order chi connectivity index (χ1) is 2.00. The van der Waals surface area contributed by atoms with Gasteiger partial charge in [0, 0.05) is 0 Å². The van der Waals surface area contributed by atoms with Crippen LogP contribution in [0.1, 0.15) is 0 Å². The normalized spacial score (nSPS) is 15.2. The average molecular weight is 447 g/mol. The van der Waals surface area contributed by atoms with Crippen molar-refractivity contribution in [2.75, 3.05) is 0 Å². The third-order valence-corrected chi connectivity index (χ3v) is 0. The zero-order chi connectivity index (χ0) is 4.50. The molecule has 0 nitrogen and oxygen atoms in total. The van der Waals surface area contributed by atoms with Gasteiger partial charge < -0.3 is 0 Å². The molecule has 0 heterocycles. The molecular weight excluding hydrogens is 447 g/mol. The van der Waals surface area contributed by atoms with Crippen LogP contribution in [0, 0.1) is 0 Å². The average Bonchev–Trinajstić information content (AvgIpc) is 0.722. The topological polar surface area (TPSA) is 0 Å². The van der Waals surface area contributed by atoms with Gasteiger partial charge in [0.15, 0.2) is 0 Å². The number of hydrogen-bond donors (Lipinski definition) is 0. The summed E-state index contributed by atoms with van der Waals surface area (Å²) in [5.41, 5.74) is 0. The van der Waals surface area contributed by atoms with E-state index in [0.29, 0.717) is 0 Å².